The summed E-state index contributed by atoms with van der Waals surface area (Å²) >= 11 is 0. The average Bonchev–Trinajstić information content (AvgIpc) is 2.97. The van der Waals surface area contributed by atoms with Gasteiger partial charge in [-0.25, -0.2) is 9.97 Å². The number of carbonyl (C=O) groups is 1. The molecule has 2 heterocycles. The molecular weight excluding hydrogens is 310 g/mol. The van der Waals surface area contributed by atoms with Gasteiger partial charge < -0.3 is 4.90 Å². The number of rotatable bonds is 2. The molecule has 4 heteroatoms. The molecule has 3 aromatic rings. The van der Waals surface area contributed by atoms with Crippen molar-refractivity contribution in [3.05, 3.63) is 77.6 Å². The predicted molar refractivity (Wildman–Crippen MR) is 98.6 cm³/mol. The molecule has 0 saturated carbocycles. The second kappa shape index (κ2) is 6.13. The van der Waals surface area contributed by atoms with Gasteiger partial charge in [0.2, 0.25) is 0 Å². The van der Waals surface area contributed by atoms with Crippen molar-refractivity contribution in [3.8, 4) is 11.4 Å². The van der Waals surface area contributed by atoms with E-state index in [1.165, 1.54) is 5.56 Å². The smallest absolute Gasteiger partial charge is 0.261 e. The van der Waals surface area contributed by atoms with Gasteiger partial charge in [0.15, 0.2) is 5.82 Å². The summed E-state index contributed by atoms with van der Waals surface area (Å²) in [5, 5.41) is 0. The van der Waals surface area contributed by atoms with Crippen molar-refractivity contribution in [2.45, 2.75) is 26.3 Å². The molecule has 2 aromatic carbocycles. The van der Waals surface area contributed by atoms with Crippen molar-refractivity contribution in [1.82, 2.24) is 9.97 Å². The van der Waals surface area contributed by atoms with Gasteiger partial charge in [0.25, 0.3) is 5.91 Å². The van der Waals surface area contributed by atoms with E-state index in [0.29, 0.717) is 17.1 Å². The third kappa shape index (κ3) is 2.70. The largest absolute Gasteiger partial charge is 0.305 e. The summed E-state index contributed by atoms with van der Waals surface area (Å²) in [6, 6.07) is 18.0. The summed E-state index contributed by atoms with van der Waals surface area (Å²) < 4.78 is 0. The molecule has 1 aromatic heterocycles. The number of benzene rings is 2. The second-order valence-corrected chi connectivity index (χ2v) is 6.42. The lowest BCUT2D eigenvalue weighted by atomic mass is 10.1. The van der Waals surface area contributed by atoms with Crippen LogP contribution in [0.25, 0.3) is 11.4 Å². The van der Waals surface area contributed by atoms with Gasteiger partial charge in [-0.1, -0.05) is 48.5 Å². The van der Waals surface area contributed by atoms with Crippen molar-refractivity contribution >= 4 is 11.6 Å². The van der Waals surface area contributed by atoms with Gasteiger partial charge in [-0.05, 0) is 31.9 Å². The van der Waals surface area contributed by atoms with E-state index in [1.807, 2.05) is 60.4 Å². The highest BCUT2D eigenvalue weighted by Crippen LogP contribution is 2.33. The summed E-state index contributed by atoms with van der Waals surface area (Å²) in [4.78, 5) is 24.0. The van der Waals surface area contributed by atoms with Crippen LogP contribution in [-0.2, 0) is 6.42 Å². The molecule has 0 N–H and O–H groups in total. The Morgan fingerprint density at radius 1 is 1.08 bits per heavy atom. The van der Waals surface area contributed by atoms with Gasteiger partial charge in [-0.2, -0.15) is 0 Å². The van der Waals surface area contributed by atoms with Crippen LogP contribution in [0.1, 0.15) is 28.5 Å². The topological polar surface area (TPSA) is 46.1 Å². The Kier molecular flexibility index (Phi) is 3.80. The minimum absolute atomic E-state index is 0.0328. The number of nitrogens with zero attached hydrogens (tertiary/aromatic N) is 3. The fourth-order valence-electron chi connectivity index (χ4n) is 3.41. The van der Waals surface area contributed by atoms with E-state index < -0.39 is 0 Å². The van der Waals surface area contributed by atoms with E-state index in [1.54, 1.807) is 6.20 Å². The van der Waals surface area contributed by atoms with Crippen LogP contribution in [0.5, 0.6) is 0 Å². The quantitative estimate of drug-likeness (QED) is 0.713. The zero-order chi connectivity index (χ0) is 17.4. The van der Waals surface area contributed by atoms with E-state index in [2.05, 4.69) is 23.0 Å². The predicted octanol–water partition coefficient (Wildman–Crippen LogP) is 4.04. The SMILES string of the molecule is Cc1nc(-c2ccccc2)ncc1C(=O)N1c2ccccc2CC1C. The molecule has 25 heavy (non-hydrogen) atoms. The second-order valence-electron chi connectivity index (χ2n) is 6.42. The zero-order valence-corrected chi connectivity index (χ0v) is 14.3. The maximum absolute atomic E-state index is 13.1. The van der Waals surface area contributed by atoms with Crippen LogP contribution in [0, 0.1) is 6.92 Å². The normalized spacial score (nSPS) is 15.9. The van der Waals surface area contributed by atoms with Crippen LogP contribution in [0.2, 0.25) is 0 Å². The maximum Gasteiger partial charge on any atom is 0.261 e. The lowest BCUT2D eigenvalue weighted by Crippen LogP contribution is -2.36. The first-order valence-corrected chi connectivity index (χ1v) is 8.45. The highest BCUT2D eigenvalue weighted by molar-refractivity contribution is 6.08. The molecule has 124 valence electrons. The molecule has 0 fully saturated rings. The van der Waals surface area contributed by atoms with E-state index in [9.17, 15) is 4.79 Å². The Morgan fingerprint density at radius 2 is 1.80 bits per heavy atom. The van der Waals surface area contributed by atoms with E-state index in [-0.39, 0.29) is 11.9 Å². The van der Waals surface area contributed by atoms with Crippen molar-refractivity contribution in [1.29, 1.82) is 0 Å². The summed E-state index contributed by atoms with van der Waals surface area (Å²) in [5.74, 6) is 0.610. The lowest BCUT2D eigenvalue weighted by molar-refractivity contribution is 0.0980. The molecule has 1 unspecified atom stereocenters. The number of anilines is 1. The number of hydrogen-bond acceptors (Lipinski definition) is 3. The monoisotopic (exact) mass is 329 g/mol. The van der Waals surface area contributed by atoms with E-state index in [4.69, 9.17) is 0 Å². The van der Waals surface area contributed by atoms with Crippen molar-refractivity contribution in [3.63, 3.8) is 0 Å². The average molecular weight is 329 g/mol. The number of hydrogen-bond donors (Lipinski definition) is 0. The van der Waals surface area contributed by atoms with Crippen LogP contribution in [-0.4, -0.2) is 21.9 Å². The molecule has 4 rings (SSSR count). The number of amides is 1. The Morgan fingerprint density at radius 3 is 2.56 bits per heavy atom. The molecule has 0 bridgehead atoms. The van der Waals surface area contributed by atoms with Crippen molar-refractivity contribution in [2.75, 3.05) is 4.90 Å². The van der Waals surface area contributed by atoms with Crippen LogP contribution in [0.3, 0.4) is 0 Å². The van der Waals surface area contributed by atoms with Gasteiger partial charge >= 0.3 is 0 Å². The molecule has 1 atom stereocenters. The van der Waals surface area contributed by atoms with Crippen molar-refractivity contribution in [2.24, 2.45) is 0 Å². The van der Waals surface area contributed by atoms with E-state index >= 15 is 0 Å². The van der Waals surface area contributed by atoms with Crippen LogP contribution in [0.4, 0.5) is 5.69 Å². The lowest BCUT2D eigenvalue weighted by Gasteiger charge is -2.23. The molecule has 0 radical (unpaired) electrons. The highest BCUT2D eigenvalue weighted by Gasteiger charge is 2.32. The fraction of sp³-hybridized carbons (Fsp3) is 0.190. The van der Waals surface area contributed by atoms with E-state index in [0.717, 1.165) is 17.7 Å². The maximum atomic E-state index is 13.1. The zero-order valence-electron chi connectivity index (χ0n) is 14.3. The van der Waals surface area contributed by atoms with Crippen LogP contribution in [0.15, 0.2) is 60.8 Å². The molecule has 1 amide bonds. The van der Waals surface area contributed by atoms with Gasteiger partial charge in [0.1, 0.15) is 0 Å². The summed E-state index contributed by atoms with van der Waals surface area (Å²) in [6.07, 6.45) is 2.53. The van der Waals surface area contributed by atoms with Gasteiger partial charge in [0.05, 0.1) is 11.3 Å². The minimum Gasteiger partial charge on any atom is -0.305 e. The first-order valence-electron chi connectivity index (χ1n) is 8.45. The van der Waals surface area contributed by atoms with Gasteiger partial charge in [0, 0.05) is 23.5 Å². The Bertz CT molecular complexity index is 937. The summed E-state index contributed by atoms with van der Waals surface area (Å²) in [7, 11) is 0. The fourth-order valence-corrected chi connectivity index (χ4v) is 3.41. The number of aromatic nitrogens is 2. The summed E-state index contributed by atoms with van der Waals surface area (Å²) in [5.41, 5.74) is 4.41. The van der Waals surface area contributed by atoms with Gasteiger partial charge in [-0.3, -0.25) is 4.79 Å². The Hall–Kier alpha value is -3.01. The highest BCUT2D eigenvalue weighted by atomic mass is 16.2. The first-order chi connectivity index (χ1) is 12.1. The number of para-hydroxylation sites is 1. The number of carbonyl (C=O) groups excluding carboxylic acids is 1. The third-order valence-corrected chi connectivity index (χ3v) is 4.67. The van der Waals surface area contributed by atoms with Crippen LogP contribution < -0.4 is 4.90 Å². The standard InChI is InChI=1S/C21H19N3O/c1-14-12-17-10-6-7-11-19(17)24(14)21(25)18-13-22-20(23-15(18)2)16-8-4-3-5-9-16/h3-11,13-14H,12H2,1-2H3. The molecular formula is C21H19N3O. The number of fused-ring (bicyclic) bond motifs is 1. The molecule has 1 aliphatic rings. The number of aryl methyl sites for hydroxylation is 1. The first kappa shape index (κ1) is 15.5. The molecule has 0 saturated heterocycles. The Balaban J connectivity index is 1.70. The Labute approximate surface area is 147 Å². The minimum atomic E-state index is -0.0328. The third-order valence-electron chi connectivity index (χ3n) is 4.67. The van der Waals surface area contributed by atoms with Crippen molar-refractivity contribution < 1.29 is 4.79 Å². The molecule has 0 spiro atoms. The summed E-state index contributed by atoms with van der Waals surface area (Å²) in [6.45, 7) is 3.94. The van der Waals surface area contributed by atoms with Gasteiger partial charge in [-0.15, -0.1) is 0 Å². The van der Waals surface area contributed by atoms with Crippen LogP contribution >= 0.6 is 0 Å². The molecule has 1 aliphatic heterocycles. The molecule has 4 nitrogen and oxygen atoms in total. The molecule has 0 aliphatic carbocycles.